The van der Waals surface area contributed by atoms with Gasteiger partial charge >= 0.3 is 6.18 Å². The van der Waals surface area contributed by atoms with E-state index in [2.05, 4.69) is 25.1 Å². The van der Waals surface area contributed by atoms with Crippen molar-refractivity contribution in [3.05, 3.63) is 78.4 Å². The number of nitrogens with zero attached hydrogens (tertiary/aromatic N) is 5. The van der Waals surface area contributed by atoms with Crippen molar-refractivity contribution >= 4 is 11.6 Å². The smallest absolute Gasteiger partial charge is 0.416 e. The number of benzene rings is 2. The molecule has 42 heavy (non-hydrogen) atoms. The molecule has 2 aliphatic heterocycles. The van der Waals surface area contributed by atoms with Crippen LogP contribution in [0.4, 0.5) is 18.9 Å². The zero-order valence-corrected chi connectivity index (χ0v) is 22.6. The van der Waals surface area contributed by atoms with Gasteiger partial charge in [0.1, 0.15) is 11.4 Å². The molecule has 6 rings (SSSR count). The van der Waals surface area contributed by atoms with E-state index < -0.39 is 17.8 Å². The van der Waals surface area contributed by atoms with Gasteiger partial charge in [-0.15, -0.1) is 0 Å². The summed E-state index contributed by atoms with van der Waals surface area (Å²) in [5.74, 6) is 0.663. The van der Waals surface area contributed by atoms with Crippen LogP contribution in [0.5, 0.6) is 5.75 Å². The number of halogens is 3. The van der Waals surface area contributed by atoms with Crippen LogP contribution in [0.1, 0.15) is 24.1 Å². The number of alkyl halides is 3. The second kappa shape index (κ2) is 11.5. The number of ether oxygens (including phenoxy) is 1. The summed E-state index contributed by atoms with van der Waals surface area (Å²) in [4.78, 5) is 25.3. The molecule has 0 saturated carbocycles. The minimum atomic E-state index is -4.44. The van der Waals surface area contributed by atoms with Gasteiger partial charge in [0.05, 0.1) is 34.8 Å². The summed E-state index contributed by atoms with van der Waals surface area (Å²) >= 11 is 0. The number of aliphatic hydroxyl groups is 1. The maximum Gasteiger partial charge on any atom is 0.416 e. The third-order valence-corrected chi connectivity index (χ3v) is 7.72. The number of carbonyl (C=O) groups excluding carboxylic acids is 1. The Morgan fingerprint density at radius 1 is 1.07 bits per heavy atom. The van der Waals surface area contributed by atoms with Gasteiger partial charge in [0, 0.05) is 55.7 Å². The zero-order chi connectivity index (χ0) is 29.3. The molecular weight excluding hydrogens is 549 g/mol. The molecule has 12 heteroatoms. The highest BCUT2D eigenvalue weighted by molar-refractivity contribution is 5.98. The van der Waals surface area contributed by atoms with E-state index in [1.807, 2.05) is 29.2 Å². The number of aromatic nitrogens is 4. The van der Waals surface area contributed by atoms with Crippen LogP contribution in [0.3, 0.4) is 0 Å². The van der Waals surface area contributed by atoms with Crippen LogP contribution in [0.25, 0.3) is 22.5 Å². The quantitative estimate of drug-likeness (QED) is 0.336. The fourth-order valence-electron chi connectivity index (χ4n) is 5.74. The highest BCUT2D eigenvalue weighted by atomic mass is 19.4. The highest BCUT2D eigenvalue weighted by Gasteiger charge is 2.34. The van der Waals surface area contributed by atoms with Crippen LogP contribution in [0, 0.1) is 0 Å². The maximum absolute atomic E-state index is 13.1. The lowest BCUT2D eigenvalue weighted by molar-refractivity contribution is -0.137. The van der Waals surface area contributed by atoms with Crippen LogP contribution >= 0.6 is 0 Å². The molecule has 4 aromatic rings. The zero-order valence-electron chi connectivity index (χ0n) is 22.6. The molecule has 1 saturated heterocycles. The lowest BCUT2D eigenvalue weighted by atomic mass is 9.98. The molecule has 1 unspecified atom stereocenters. The summed E-state index contributed by atoms with van der Waals surface area (Å²) in [7, 11) is 0. The van der Waals surface area contributed by atoms with Crippen LogP contribution in [-0.2, 0) is 17.4 Å². The SMILES string of the molecule is O=C1COc2ccccc2N1C1CCN(CC(O)Cc2[nH]nc(-c3ccc(C(F)(F)F)cc3)c2-c2cnccn2)CC1. The molecular formula is C30H29F3N6O3. The van der Waals surface area contributed by atoms with Crippen LogP contribution in [-0.4, -0.2) is 74.5 Å². The number of fused-ring (bicyclic) bond motifs is 1. The van der Waals surface area contributed by atoms with E-state index in [0.29, 0.717) is 53.6 Å². The summed E-state index contributed by atoms with van der Waals surface area (Å²) in [5.41, 5.74) is 2.68. The first-order valence-corrected chi connectivity index (χ1v) is 13.7. The molecule has 0 radical (unpaired) electrons. The van der Waals surface area contributed by atoms with E-state index in [0.717, 1.165) is 30.7 Å². The predicted octanol–water partition coefficient (Wildman–Crippen LogP) is 4.35. The van der Waals surface area contributed by atoms with Gasteiger partial charge in [0.2, 0.25) is 0 Å². The van der Waals surface area contributed by atoms with Crippen molar-refractivity contribution in [1.29, 1.82) is 0 Å². The van der Waals surface area contributed by atoms with Gasteiger partial charge in [-0.25, -0.2) is 0 Å². The first-order valence-electron chi connectivity index (χ1n) is 13.7. The number of rotatable bonds is 7. The van der Waals surface area contributed by atoms with Crippen molar-refractivity contribution in [2.75, 3.05) is 31.1 Å². The Kier molecular flexibility index (Phi) is 7.65. The fraction of sp³-hybridized carbons (Fsp3) is 0.333. The lowest BCUT2D eigenvalue weighted by Gasteiger charge is -2.41. The average Bonchev–Trinajstić information content (AvgIpc) is 3.41. The lowest BCUT2D eigenvalue weighted by Crippen LogP contribution is -2.51. The Labute approximate surface area is 240 Å². The number of carbonyl (C=O) groups is 1. The number of hydrogen-bond donors (Lipinski definition) is 2. The van der Waals surface area contributed by atoms with Crippen molar-refractivity contribution in [1.82, 2.24) is 25.1 Å². The minimum absolute atomic E-state index is 0.0305. The molecule has 2 aromatic carbocycles. The number of likely N-dealkylation sites (tertiary alicyclic amines) is 1. The van der Waals surface area contributed by atoms with E-state index >= 15 is 0 Å². The predicted molar refractivity (Wildman–Crippen MR) is 149 cm³/mol. The molecule has 1 amide bonds. The Morgan fingerprint density at radius 2 is 1.83 bits per heavy atom. The van der Waals surface area contributed by atoms with E-state index in [4.69, 9.17) is 4.74 Å². The Hall–Kier alpha value is -4.29. The monoisotopic (exact) mass is 578 g/mol. The third kappa shape index (κ3) is 5.72. The summed E-state index contributed by atoms with van der Waals surface area (Å²) in [5, 5.41) is 18.5. The molecule has 2 aromatic heterocycles. The number of para-hydroxylation sites is 2. The normalized spacial score (nSPS) is 17.1. The molecule has 218 valence electrons. The molecule has 0 aliphatic carbocycles. The molecule has 0 bridgehead atoms. The van der Waals surface area contributed by atoms with Crippen molar-refractivity contribution in [2.24, 2.45) is 0 Å². The van der Waals surface area contributed by atoms with Crippen molar-refractivity contribution < 1.29 is 27.8 Å². The highest BCUT2D eigenvalue weighted by Crippen LogP contribution is 2.37. The van der Waals surface area contributed by atoms with Gasteiger partial charge in [-0.1, -0.05) is 24.3 Å². The van der Waals surface area contributed by atoms with E-state index in [1.54, 1.807) is 6.20 Å². The number of hydrogen-bond acceptors (Lipinski definition) is 7. The van der Waals surface area contributed by atoms with Crippen LogP contribution in [0.2, 0.25) is 0 Å². The average molecular weight is 579 g/mol. The van der Waals surface area contributed by atoms with Gasteiger partial charge in [0.15, 0.2) is 6.61 Å². The largest absolute Gasteiger partial charge is 0.482 e. The second-order valence-corrected chi connectivity index (χ2v) is 10.5. The Balaban J connectivity index is 1.14. The Morgan fingerprint density at radius 3 is 2.55 bits per heavy atom. The number of aliphatic hydroxyl groups excluding tert-OH is 1. The molecule has 4 heterocycles. The van der Waals surface area contributed by atoms with E-state index in [-0.39, 0.29) is 25.0 Å². The number of nitrogens with one attached hydrogen (secondary N) is 1. The van der Waals surface area contributed by atoms with Crippen molar-refractivity contribution in [2.45, 2.75) is 37.6 Å². The summed E-state index contributed by atoms with van der Waals surface area (Å²) in [6, 6.07) is 12.4. The van der Waals surface area contributed by atoms with Gasteiger partial charge < -0.3 is 19.6 Å². The molecule has 1 fully saturated rings. The summed E-state index contributed by atoms with van der Waals surface area (Å²) < 4.78 is 44.9. The second-order valence-electron chi connectivity index (χ2n) is 10.5. The summed E-state index contributed by atoms with van der Waals surface area (Å²) in [6.45, 7) is 1.87. The van der Waals surface area contributed by atoms with Gasteiger partial charge in [-0.2, -0.15) is 18.3 Å². The van der Waals surface area contributed by atoms with Gasteiger partial charge in [-0.05, 0) is 37.1 Å². The molecule has 9 nitrogen and oxygen atoms in total. The van der Waals surface area contributed by atoms with E-state index in [9.17, 15) is 23.1 Å². The third-order valence-electron chi connectivity index (χ3n) is 7.72. The topological polar surface area (TPSA) is 107 Å². The van der Waals surface area contributed by atoms with Crippen molar-refractivity contribution in [3.63, 3.8) is 0 Å². The van der Waals surface area contributed by atoms with Gasteiger partial charge in [0.25, 0.3) is 5.91 Å². The first kappa shape index (κ1) is 27.9. The van der Waals surface area contributed by atoms with Gasteiger partial charge in [-0.3, -0.25) is 19.9 Å². The fourth-order valence-corrected chi connectivity index (χ4v) is 5.74. The first-order chi connectivity index (χ1) is 20.3. The molecule has 0 spiro atoms. The Bertz CT molecular complexity index is 1540. The van der Waals surface area contributed by atoms with Crippen molar-refractivity contribution in [3.8, 4) is 28.3 Å². The molecule has 2 aliphatic rings. The number of β-amino-alcohol motifs (C(OH)–C–C–N with tert-alkyl or cyclic N) is 1. The van der Waals surface area contributed by atoms with Crippen LogP contribution < -0.4 is 9.64 Å². The number of H-pyrrole nitrogens is 1. The number of piperidine rings is 1. The van der Waals surface area contributed by atoms with E-state index in [1.165, 1.54) is 24.5 Å². The van der Waals surface area contributed by atoms with Crippen LogP contribution in [0.15, 0.2) is 67.1 Å². The number of amides is 1. The number of aromatic amines is 1. The maximum atomic E-state index is 13.1. The minimum Gasteiger partial charge on any atom is -0.482 e. The number of anilines is 1. The standard InChI is InChI=1S/C30H29F3N6O3/c31-30(32,33)20-7-5-19(6-8-20)29-28(24-16-34-11-12-35-24)23(36-37-29)15-22(40)17-38-13-9-21(10-14-38)39-25-3-1-2-4-26(25)42-18-27(39)41/h1-8,11-12,16,21-22,40H,9-10,13-15,17-18H2,(H,36,37). The summed E-state index contributed by atoms with van der Waals surface area (Å²) in [6.07, 6.45) is 1.19. The molecule has 1 atom stereocenters. The molecule has 2 N–H and O–H groups in total.